The second-order valence-electron chi connectivity index (χ2n) is 6.76. The maximum Gasteiger partial charge on any atom is 0.230 e. The van der Waals surface area contributed by atoms with Gasteiger partial charge in [0.2, 0.25) is 11.8 Å². The largest absolute Gasteiger partial charge is 0.424 e. The minimum absolute atomic E-state index is 0.476. The first-order valence-electron chi connectivity index (χ1n) is 8.84. The molecular formula is C19H23N5O. The van der Waals surface area contributed by atoms with Gasteiger partial charge in [0, 0.05) is 12.2 Å². The van der Waals surface area contributed by atoms with Crippen LogP contribution in [0.2, 0.25) is 0 Å². The van der Waals surface area contributed by atoms with Gasteiger partial charge in [-0.05, 0) is 37.4 Å². The van der Waals surface area contributed by atoms with E-state index in [0.717, 1.165) is 13.1 Å². The third-order valence-corrected chi connectivity index (χ3v) is 4.70. The topological polar surface area (TPSA) is 60.0 Å². The van der Waals surface area contributed by atoms with Crippen LogP contribution in [0.1, 0.15) is 35.7 Å². The van der Waals surface area contributed by atoms with Crippen molar-refractivity contribution >= 4 is 0 Å². The first-order chi connectivity index (χ1) is 12.3. The smallest absolute Gasteiger partial charge is 0.230 e. The zero-order chi connectivity index (χ0) is 17.1. The molecule has 6 heteroatoms. The lowest BCUT2D eigenvalue weighted by molar-refractivity contribution is 0.198. The fourth-order valence-electron chi connectivity index (χ4n) is 3.46. The van der Waals surface area contributed by atoms with Crippen LogP contribution in [0.4, 0.5) is 0 Å². The van der Waals surface area contributed by atoms with Gasteiger partial charge < -0.3 is 4.42 Å². The van der Waals surface area contributed by atoms with Crippen LogP contribution in [0.3, 0.4) is 0 Å². The standard InChI is InChI=1S/C19H23N5O/c1-15-11-20-24(12-15)13-17-8-5-9-23(17)14-19-22-21-18(25-19)10-16-6-3-2-4-7-16/h2-4,6-7,11-12,17H,5,8-10,13-14H2,1H3. The average molecular weight is 337 g/mol. The van der Waals surface area contributed by atoms with Crippen LogP contribution < -0.4 is 0 Å². The van der Waals surface area contributed by atoms with E-state index in [4.69, 9.17) is 4.42 Å². The molecule has 0 saturated carbocycles. The van der Waals surface area contributed by atoms with Crippen molar-refractivity contribution < 1.29 is 4.42 Å². The van der Waals surface area contributed by atoms with Gasteiger partial charge in [0.1, 0.15) is 0 Å². The van der Waals surface area contributed by atoms with E-state index in [1.807, 2.05) is 29.1 Å². The molecule has 1 aliphatic rings. The first kappa shape index (κ1) is 16.0. The van der Waals surface area contributed by atoms with Gasteiger partial charge in [-0.1, -0.05) is 30.3 Å². The Morgan fingerprint density at radius 2 is 2.00 bits per heavy atom. The lowest BCUT2D eigenvalue weighted by Crippen LogP contribution is -2.32. The van der Waals surface area contributed by atoms with E-state index in [1.54, 1.807) is 0 Å². The molecule has 3 aromatic rings. The molecule has 1 saturated heterocycles. The van der Waals surface area contributed by atoms with E-state index in [1.165, 1.54) is 24.0 Å². The van der Waals surface area contributed by atoms with Gasteiger partial charge >= 0.3 is 0 Å². The van der Waals surface area contributed by atoms with Gasteiger partial charge in [0.05, 0.1) is 25.7 Å². The average Bonchev–Trinajstić information content (AvgIpc) is 3.33. The number of hydrogen-bond acceptors (Lipinski definition) is 5. The van der Waals surface area contributed by atoms with Crippen molar-refractivity contribution in [2.75, 3.05) is 6.54 Å². The fraction of sp³-hybridized carbons (Fsp3) is 0.421. The summed E-state index contributed by atoms with van der Waals surface area (Å²) in [6.07, 6.45) is 7.08. The molecule has 0 amide bonds. The zero-order valence-electron chi connectivity index (χ0n) is 14.5. The molecule has 2 aromatic heterocycles. The monoisotopic (exact) mass is 337 g/mol. The minimum Gasteiger partial charge on any atom is -0.424 e. The van der Waals surface area contributed by atoms with Crippen LogP contribution >= 0.6 is 0 Å². The molecule has 6 nitrogen and oxygen atoms in total. The third kappa shape index (κ3) is 3.96. The highest BCUT2D eigenvalue weighted by Crippen LogP contribution is 2.21. The second-order valence-corrected chi connectivity index (χ2v) is 6.76. The summed E-state index contributed by atoms with van der Waals surface area (Å²) < 4.78 is 7.90. The number of nitrogens with zero attached hydrogens (tertiary/aromatic N) is 5. The quantitative estimate of drug-likeness (QED) is 0.692. The van der Waals surface area contributed by atoms with E-state index in [0.29, 0.717) is 30.8 Å². The Kier molecular flexibility index (Phi) is 4.61. The van der Waals surface area contributed by atoms with Crippen LogP contribution in [-0.4, -0.2) is 37.5 Å². The predicted molar refractivity (Wildman–Crippen MR) is 93.9 cm³/mol. The SMILES string of the molecule is Cc1cnn(CC2CCCN2Cc2nnc(Cc3ccccc3)o2)c1. The van der Waals surface area contributed by atoms with Gasteiger partial charge in [-0.15, -0.1) is 10.2 Å². The van der Waals surface area contributed by atoms with Crippen LogP contribution in [0, 0.1) is 6.92 Å². The number of hydrogen-bond donors (Lipinski definition) is 0. The summed E-state index contributed by atoms with van der Waals surface area (Å²) in [5.74, 6) is 1.38. The molecule has 0 bridgehead atoms. The third-order valence-electron chi connectivity index (χ3n) is 4.70. The molecule has 1 fully saturated rings. The van der Waals surface area contributed by atoms with Crippen molar-refractivity contribution in [2.45, 2.75) is 45.3 Å². The molecule has 0 aliphatic carbocycles. The van der Waals surface area contributed by atoms with E-state index >= 15 is 0 Å². The molecule has 4 rings (SSSR count). The fourth-order valence-corrected chi connectivity index (χ4v) is 3.46. The molecule has 1 atom stereocenters. The van der Waals surface area contributed by atoms with Gasteiger partial charge in [-0.2, -0.15) is 5.10 Å². The molecule has 130 valence electrons. The Hall–Kier alpha value is -2.47. The van der Waals surface area contributed by atoms with Crippen LogP contribution in [0.5, 0.6) is 0 Å². The maximum absolute atomic E-state index is 5.87. The van der Waals surface area contributed by atoms with E-state index in [-0.39, 0.29) is 0 Å². The number of aryl methyl sites for hydroxylation is 1. The zero-order valence-corrected chi connectivity index (χ0v) is 14.5. The second kappa shape index (κ2) is 7.19. The normalized spacial score (nSPS) is 18.0. The Morgan fingerprint density at radius 3 is 2.80 bits per heavy atom. The molecular weight excluding hydrogens is 314 g/mol. The summed E-state index contributed by atoms with van der Waals surface area (Å²) in [6, 6.07) is 10.7. The summed E-state index contributed by atoms with van der Waals surface area (Å²) in [6.45, 7) is 4.77. The number of rotatable bonds is 6. The van der Waals surface area contributed by atoms with Crippen molar-refractivity contribution in [3.63, 3.8) is 0 Å². The van der Waals surface area contributed by atoms with Crippen molar-refractivity contribution in [2.24, 2.45) is 0 Å². The van der Waals surface area contributed by atoms with Gasteiger partial charge in [-0.3, -0.25) is 9.58 Å². The van der Waals surface area contributed by atoms with Crippen LogP contribution in [0.15, 0.2) is 47.1 Å². The van der Waals surface area contributed by atoms with Crippen LogP contribution in [0.25, 0.3) is 0 Å². The van der Waals surface area contributed by atoms with Gasteiger partial charge in [0.25, 0.3) is 0 Å². The number of likely N-dealkylation sites (tertiary alicyclic amines) is 1. The summed E-state index contributed by atoms with van der Waals surface area (Å²) in [7, 11) is 0. The number of benzene rings is 1. The summed E-state index contributed by atoms with van der Waals surface area (Å²) in [4.78, 5) is 2.43. The Bertz CT molecular complexity index is 810. The molecule has 0 radical (unpaired) electrons. The van der Waals surface area contributed by atoms with Crippen molar-refractivity contribution in [3.8, 4) is 0 Å². The van der Waals surface area contributed by atoms with E-state index < -0.39 is 0 Å². The van der Waals surface area contributed by atoms with E-state index in [9.17, 15) is 0 Å². The Labute approximate surface area is 147 Å². The maximum atomic E-state index is 5.87. The highest BCUT2D eigenvalue weighted by atomic mass is 16.4. The summed E-state index contributed by atoms with van der Waals surface area (Å²) >= 11 is 0. The predicted octanol–water partition coefficient (Wildman–Crippen LogP) is 2.83. The highest BCUT2D eigenvalue weighted by molar-refractivity contribution is 5.17. The van der Waals surface area contributed by atoms with Crippen molar-refractivity contribution in [1.29, 1.82) is 0 Å². The molecule has 3 heterocycles. The van der Waals surface area contributed by atoms with Gasteiger partial charge in [-0.25, -0.2) is 0 Å². The molecule has 1 aromatic carbocycles. The molecule has 25 heavy (non-hydrogen) atoms. The highest BCUT2D eigenvalue weighted by Gasteiger charge is 2.26. The van der Waals surface area contributed by atoms with Crippen molar-refractivity contribution in [1.82, 2.24) is 24.9 Å². The molecule has 1 unspecified atom stereocenters. The molecule has 1 aliphatic heterocycles. The van der Waals surface area contributed by atoms with Crippen LogP contribution in [-0.2, 0) is 19.5 Å². The molecule has 0 N–H and O–H groups in total. The summed E-state index contributed by atoms with van der Waals surface area (Å²) in [5, 5.41) is 12.9. The summed E-state index contributed by atoms with van der Waals surface area (Å²) in [5.41, 5.74) is 2.39. The van der Waals surface area contributed by atoms with E-state index in [2.05, 4.69) is 45.4 Å². The minimum atomic E-state index is 0.476. The lowest BCUT2D eigenvalue weighted by Gasteiger charge is -2.22. The molecule has 0 spiro atoms. The first-order valence-corrected chi connectivity index (χ1v) is 8.84. The van der Waals surface area contributed by atoms with Crippen molar-refractivity contribution in [3.05, 3.63) is 65.6 Å². The number of aromatic nitrogens is 4. The Balaban J connectivity index is 1.38. The Morgan fingerprint density at radius 1 is 1.16 bits per heavy atom. The lowest BCUT2D eigenvalue weighted by atomic mass is 10.2. The van der Waals surface area contributed by atoms with Gasteiger partial charge in [0.15, 0.2) is 0 Å².